The van der Waals surface area contributed by atoms with Gasteiger partial charge in [0, 0.05) is 12.7 Å². The van der Waals surface area contributed by atoms with Crippen molar-refractivity contribution in [2.75, 3.05) is 11.9 Å². The summed E-state index contributed by atoms with van der Waals surface area (Å²) in [5.74, 6) is -1.13. The summed E-state index contributed by atoms with van der Waals surface area (Å²) in [5.41, 5.74) is -0.818. The number of rotatable bonds is 5. The van der Waals surface area contributed by atoms with Gasteiger partial charge in [0.2, 0.25) is 5.96 Å². The van der Waals surface area contributed by atoms with Gasteiger partial charge in [0.05, 0.1) is 17.7 Å². The number of amides is 2. The third kappa shape index (κ3) is 10.6. The zero-order valence-electron chi connectivity index (χ0n) is 27.3. The topological polar surface area (TPSA) is 163 Å². The molecule has 0 unspecified atom stereocenters. The van der Waals surface area contributed by atoms with E-state index in [0.717, 1.165) is 0 Å². The molecule has 2 aromatic heterocycles. The Hall–Kier alpha value is -5.01. The zero-order valence-corrected chi connectivity index (χ0v) is 27.3. The van der Waals surface area contributed by atoms with Gasteiger partial charge in [0.25, 0.3) is 0 Å². The van der Waals surface area contributed by atoms with Crippen molar-refractivity contribution in [3.8, 4) is 5.75 Å². The molecule has 0 aliphatic carbocycles. The number of hydrogen-bond donors (Lipinski definition) is 1. The Bertz CT molecular complexity index is 1590. The average Bonchev–Trinajstić information content (AvgIpc) is 3.37. The first-order valence-corrected chi connectivity index (χ1v) is 14.1. The van der Waals surface area contributed by atoms with Crippen LogP contribution >= 0.6 is 0 Å². The molecular formula is C31H40N6O8. The van der Waals surface area contributed by atoms with Gasteiger partial charge in [-0.1, -0.05) is 0 Å². The minimum Gasteiger partial charge on any atom is -0.460 e. The number of esters is 2. The number of aliphatic imine (C=N–C) groups is 1. The smallest absolute Gasteiger partial charge is 0.437 e. The van der Waals surface area contributed by atoms with E-state index in [2.05, 4.69) is 20.4 Å². The zero-order chi connectivity index (χ0) is 33.7. The molecule has 0 bridgehead atoms. The van der Waals surface area contributed by atoms with Gasteiger partial charge in [-0.15, -0.1) is 4.99 Å². The summed E-state index contributed by atoms with van der Waals surface area (Å²) >= 11 is 0. The lowest BCUT2D eigenvalue weighted by Crippen LogP contribution is -2.45. The number of fused-ring (bicyclic) bond motifs is 1. The molecule has 45 heavy (non-hydrogen) atoms. The van der Waals surface area contributed by atoms with Crippen molar-refractivity contribution < 1.29 is 38.1 Å². The fraction of sp³-hybridized carbons (Fsp3) is 0.452. The van der Waals surface area contributed by atoms with Crippen LogP contribution in [0.4, 0.5) is 15.3 Å². The molecule has 2 heterocycles. The number of anilines is 1. The lowest BCUT2D eigenvalue weighted by molar-refractivity contribution is -0.154. The van der Waals surface area contributed by atoms with Gasteiger partial charge in [-0.25, -0.2) is 23.9 Å². The number of pyridine rings is 1. The first-order chi connectivity index (χ1) is 20.7. The molecule has 3 aromatic rings. The van der Waals surface area contributed by atoms with Crippen molar-refractivity contribution in [1.29, 1.82) is 0 Å². The molecule has 0 saturated heterocycles. The van der Waals surface area contributed by atoms with E-state index in [4.69, 9.17) is 18.9 Å². The number of benzene rings is 1. The molecule has 1 aromatic carbocycles. The summed E-state index contributed by atoms with van der Waals surface area (Å²) in [6.07, 6.45) is -0.508. The Kier molecular flexibility index (Phi) is 10.2. The number of aromatic nitrogens is 3. The predicted molar refractivity (Wildman–Crippen MR) is 165 cm³/mol. The number of hydrogen-bond acceptors (Lipinski definition) is 10. The normalized spacial score (nSPS) is 12.4. The molecule has 0 spiro atoms. The monoisotopic (exact) mass is 624 g/mol. The molecule has 3 rings (SSSR count). The third-order valence-corrected chi connectivity index (χ3v) is 5.43. The highest BCUT2D eigenvalue weighted by Gasteiger charge is 2.24. The van der Waals surface area contributed by atoms with Gasteiger partial charge in [0.15, 0.2) is 11.4 Å². The van der Waals surface area contributed by atoms with Crippen molar-refractivity contribution in [3.05, 3.63) is 54.0 Å². The summed E-state index contributed by atoms with van der Waals surface area (Å²) < 4.78 is 23.0. The number of carbonyl (C=O) groups excluding carboxylic acids is 4. The van der Waals surface area contributed by atoms with E-state index >= 15 is 0 Å². The van der Waals surface area contributed by atoms with Crippen LogP contribution in [0.2, 0.25) is 0 Å². The van der Waals surface area contributed by atoms with Crippen LogP contribution < -0.4 is 15.0 Å². The van der Waals surface area contributed by atoms with Crippen molar-refractivity contribution in [3.63, 3.8) is 0 Å². The molecule has 0 fully saturated rings. The first-order valence-electron chi connectivity index (χ1n) is 14.1. The van der Waals surface area contributed by atoms with E-state index in [1.807, 2.05) is 0 Å². The summed E-state index contributed by atoms with van der Waals surface area (Å²) in [6, 6.07) is 9.30. The first kappa shape index (κ1) is 34.5. The number of nitrogens with zero attached hydrogens (tertiary/aromatic N) is 5. The van der Waals surface area contributed by atoms with E-state index in [0.29, 0.717) is 11.4 Å². The number of nitrogens with one attached hydrogen (secondary N) is 1. The van der Waals surface area contributed by atoms with Crippen molar-refractivity contribution >= 4 is 41.4 Å². The Labute approximate surface area is 261 Å². The summed E-state index contributed by atoms with van der Waals surface area (Å²) in [4.78, 5) is 59.9. The number of guanidine groups is 1. The average molecular weight is 625 g/mol. The van der Waals surface area contributed by atoms with E-state index < -0.39 is 40.9 Å². The van der Waals surface area contributed by atoms with Crippen LogP contribution in [-0.4, -0.2) is 68.5 Å². The number of carbonyl (C=O) groups is 4. The maximum atomic E-state index is 13.0. The Morgan fingerprint density at radius 2 is 1.44 bits per heavy atom. The van der Waals surface area contributed by atoms with Gasteiger partial charge in [0.1, 0.15) is 23.1 Å². The Balaban J connectivity index is 1.79. The lowest BCUT2D eigenvalue weighted by atomic mass is 10.2. The van der Waals surface area contributed by atoms with E-state index in [-0.39, 0.29) is 29.3 Å². The van der Waals surface area contributed by atoms with Crippen LogP contribution in [0.5, 0.6) is 5.75 Å². The predicted octanol–water partition coefficient (Wildman–Crippen LogP) is 5.08. The second-order valence-electron chi connectivity index (χ2n) is 13.0. The lowest BCUT2D eigenvalue weighted by Gasteiger charge is -2.25. The SMILES string of the molecule is CN(C(=NC(=O)OC(C)(C)C)NC(=O)OC(C)(C)C)c1ccc(C(=O)Oc2ccc(CC(=O)OC(C)(C)C)n3ncnc23)cc1. The standard InChI is InChI=1S/C31H40N6O8/c1-29(2,3)43-23(38)17-21-15-16-22(24-32-18-33-37(21)24)42-25(39)19-11-13-20(14-12-19)36(10)26(34-27(40)44-30(4,5)6)35-28(41)45-31(7,8)9/h11-16,18H,17H2,1-10H3,(H,34,35,40,41). The van der Waals surface area contributed by atoms with Crippen LogP contribution in [0.25, 0.3) is 5.65 Å². The quantitative estimate of drug-likeness (QED) is 0.174. The number of alkyl carbamates (subject to hydrolysis) is 1. The van der Waals surface area contributed by atoms with Crippen LogP contribution in [0, 0.1) is 0 Å². The largest absolute Gasteiger partial charge is 0.460 e. The highest BCUT2D eigenvalue weighted by Crippen LogP contribution is 2.23. The fourth-order valence-electron chi connectivity index (χ4n) is 3.73. The second kappa shape index (κ2) is 13.3. The minimum absolute atomic E-state index is 0.0532. The van der Waals surface area contributed by atoms with Crippen LogP contribution in [-0.2, 0) is 25.4 Å². The van der Waals surface area contributed by atoms with Crippen molar-refractivity contribution in [2.45, 2.75) is 85.5 Å². The van der Waals surface area contributed by atoms with E-state index in [1.165, 1.54) is 33.9 Å². The van der Waals surface area contributed by atoms with Crippen molar-refractivity contribution in [2.24, 2.45) is 4.99 Å². The summed E-state index contributed by atoms with van der Waals surface area (Å²) in [6.45, 7) is 15.5. The van der Waals surface area contributed by atoms with Crippen LogP contribution in [0.15, 0.2) is 47.7 Å². The highest BCUT2D eigenvalue weighted by atomic mass is 16.6. The summed E-state index contributed by atoms with van der Waals surface area (Å²) in [7, 11) is 1.56. The van der Waals surface area contributed by atoms with E-state index in [9.17, 15) is 19.2 Å². The molecule has 0 saturated carbocycles. The molecule has 242 valence electrons. The second-order valence-corrected chi connectivity index (χ2v) is 13.0. The van der Waals surface area contributed by atoms with Crippen LogP contribution in [0.3, 0.4) is 0 Å². The van der Waals surface area contributed by atoms with Crippen LogP contribution in [0.1, 0.15) is 78.4 Å². The van der Waals surface area contributed by atoms with E-state index in [1.54, 1.807) is 87.6 Å². The molecule has 0 aliphatic heterocycles. The molecule has 14 nitrogen and oxygen atoms in total. The van der Waals surface area contributed by atoms with Gasteiger partial charge in [-0.2, -0.15) is 5.10 Å². The molecule has 1 N–H and O–H groups in total. The van der Waals surface area contributed by atoms with Crippen molar-refractivity contribution in [1.82, 2.24) is 19.9 Å². The summed E-state index contributed by atoms with van der Waals surface area (Å²) in [5, 5.41) is 6.63. The molecule has 14 heteroatoms. The van der Waals surface area contributed by atoms with Gasteiger partial charge >= 0.3 is 24.1 Å². The minimum atomic E-state index is -0.919. The van der Waals surface area contributed by atoms with Gasteiger partial charge < -0.3 is 23.8 Å². The Morgan fingerprint density at radius 3 is 2.02 bits per heavy atom. The number of ether oxygens (including phenoxy) is 4. The Morgan fingerprint density at radius 1 is 0.844 bits per heavy atom. The fourth-order valence-corrected chi connectivity index (χ4v) is 3.73. The molecule has 0 radical (unpaired) electrons. The molecule has 0 atom stereocenters. The maximum Gasteiger partial charge on any atom is 0.437 e. The molecule has 0 aliphatic rings. The molecular weight excluding hydrogens is 584 g/mol. The third-order valence-electron chi connectivity index (χ3n) is 5.43. The van der Waals surface area contributed by atoms with Gasteiger partial charge in [-0.3, -0.25) is 10.1 Å². The maximum absolute atomic E-state index is 13.0. The highest BCUT2D eigenvalue weighted by molar-refractivity contribution is 6.07. The van der Waals surface area contributed by atoms with Gasteiger partial charge in [-0.05, 0) is 98.7 Å². The molecule has 2 amide bonds.